The zero-order valence-corrected chi connectivity index (χ0v) is 19.7. The summed E-state index contributed by atoms with van der Waals surface area (Å²) < 4.78 is 0.941. The summed E-state index contributed by atoms with van der Waals surface area (Å²) in [4.78, 5) is 18.8. The first-order valence-electron chi connectivity index (χ1n) is 8.13. The van der Waals surface area contributed by atoms with Crippen LogP contribution in [0.15, 0.2) is 27.7 Å². The highest BCUT2D eigenvalue weighted by atomic mass is 127. The van der Waals surface area contributed by atoms with Crippen molar-refractivity contribution in [1.29, 1.82) is 0 Å². The molecule has 1 fully saturated rings. The van der Waals surface area contributed by atoms with Crippen molar-refractivity contribution in [3.8, 4) is 0 Å². The van der Waals surface area contributed by atoms with E-state index in [2.05, 4.69) is 64.2 Å². The van der Waals surface area contributed by atoms with Crippen LogP contribution in [0.25, 0.3) is 0 Å². The molecule has 0 unspecified atom stereocenters. The number of carbonyl (C=O) groups is 1. The fourth-order valence-corrected chi connectivity index (χ4v) is 3.14. The Hall–Kier alpha value is -0.830. The molecule has 1 aliphatic rings. The van der Waals surface area contributed by atoms with Gasteiger partial charge in [-0.1, -0.05) is 35.8 Å². The number of hydrogen-bond donors (Lipinski definition) is 2. The highest BCUT2D eigenvalue weighted by Gasteiger charge is 2.53. The third-order valence-electron chi connectivity index (χ3n) is 5.23. The van der Waals surface area contributed by atoms with Crippen LogP contribution < -0.4 is 10.6 Å². The summed E-state index contributed by atoms with van der Waals surface area (Å²) >= 11 is 3.43. The molecule has 1 aliphatic heterocycles. The first-order chi connectivity index (χ1) is 11.1. The van der Waals surface area contributed by atoms with E-state index in [1.165, 1.54) is 0 Å². The van der Waals surface area contributed by atoms with Crippen molar-refractivity contribution in [2.75, 3.05) is 25.5 Å². The molecule has 1 saturated heterocycles. The lowest BCUT2D eigenvalue weighted by molar-refractivity contribution is -0.115. The molecule has 0 aliphatic carbocycles. The van der Waals surface area contributed by atoms with Gasteiger partial charge in [-0.3, -0.25) is 9.79 Å². The second-order valence-electron chi connectivity index (χ2n) is 7.44. The quantitative estimate of drug-likeness (QED) is 0.358. The molecule has 7 heteroatoms. The molecule has 1 heterocycles. The second kappa shape index (κ2) is 8.24. The summed E-state index contributed by atoms with van der Waals surface area (Å²) in [6, 6.07) is 5.83. The van der Waals surface area contributed by atoms with E-state index < -0.39 is 0 Å². The number of benzene rings is 1. The van der Waals surface area contributed by atoms with Crippen LogP contribution in [0.2, 0.25) is 0 Å². The molecule has 2 N–H and O–H groups in total. The average Bonchev–Trinajstić information content (AvgIpc) is 2.50. The van der Waals surface area contributed by atoms with Gasteiger partial charge in [-0.25, -0.2) is 0 Å². The number of rotatable bonds is 3. The van der Waals surface area contributed by atoms with Gasteiger partial charge >= 0.3 is 0 Å². The zero-order valence-electron chi connectivity index (χ0n) is 15.7. The zero-order chi connectivity index (χ0) is 18.1. The maximum Gasteiger partial charge on any atom is 0.243 e. The van der Waals surface area contributed by atoms with Crippen LogP contribution in [0.4, 0.5) is 5.69 Å². The van der Waals surface area contributed by atoms with Gasteiger partial charge in [-0.15, -0.1) is 24.0 Å². The van der Waals surface area contributed by atoms with Gasteiger partial charge in [0.1, 0.15) is 0 Å². The van der Waals surface area contributed by atoms with Gasteiger partial charge in [0.2, 0.25) is 5.91 Å². The van der Waals surface area contributed by atoms with E-state index in [1.54, 1.807) is 7.05 Å². The predicted molar refractivity (Wildman–Crippen MR) is 119 cm³/mol. The van der Waals surface area contributed by atoms with Crippen LogP contribution in [0, 0.1) is 12.3 Å². The Morgan fingerprint density at radius 2 is 1.96 bits per heavy atom. The monoisotopic (exact) mass is 522 g/mol. The van der Waals surface area contributed by atoms with E-state index in [0.717, 1.165) is 28.2 Å². The molecule has 0 spiro atoms. The number of aryl methyl sites for hydroxylation is 1. The Balaban J connectivity index is 0.00000312. The standard InChI is InChI=1S/C18H27BrN4O.HI/c1-12-7-8-13(19)9-14(12)22-15(24)10-21-16(20-6)23-11-17(2,3)18(23,4)5;/h7-9H,10-11H2,1-6H3,(H,20,21)(H,22,24);1H. The highest BCUT2D eigenvalue weighted by Crippen LogP contribution is 2.46. The molecular formula is C18H28BrIN4O. The number of nitrogens with one attached hydrogen (secondary N) is 2. The number of hydrogen-bond acceptors (Lipinski definition) is 2. The van der Waals surface area contributed by atoms with Gasteiger partial charge in [0, 0.05) is 34.7 Å². The number of likely N-dealkylation sites (tertiary alicyclic amines) is 1. The molecular weight excluding hydrogens is 495 g/mol. The molecule has 1 aromatic rings. The Morgan fingerprint density at radius 3 is 2.48 bits per heavy atom. The number of amides is 1. The number of nitrogens with zero attached hydrogens (tertiary/aromatic N) is 2. The summed E-state index contributed by atoms with van der Waals surface area (Å²) in [6.07, 6.45) is 0. The smallest absolute Gasteiger partial charge is 0.243 e. The van der Waals surface area contributed by atoms with E-state index in [0.29, 0.717) is 0 Å². The van der Waals surface area contributed by atoms with Gasteiger partial charge in [-0.2, -0.15) is 0 Å². The minimum Gasteiger partial charge on any atom is -0.347 e. The van der Waals surface area contributed by atoms with Crippen LogP contribution in [0.1, 0.15) is 33.3 Å². The van der Waals surface area contributed by atoms with Crippen molar-refractivity contribution in [2.45, 2.75) is 40.2 Å². The van der Waals surface area contributed by atoms with E-state index >= 15 is 0 Å². The maximum atomic E-state index is 12.3. The second-order valence-corrected chi connectivity index (χ2v) is 8.35. The fraction of sp³-hybridized carbons (Fsp3) is 0.556. The van der Waals surface area contributed by atoms with Crippen LogP contribution >= 0.6 is 39.9 Å². The number of halogens is 2. The van der Waals surface area contributed by atoms with E-state index in [1.807, 2.05) is 25.1 Å². The van der Waals surface area contributed by atoms with Crippen LogP contribution in [-0.4, -0.2) is 42.4 Å². The SMILES string of the molecule is CN=C(NCC(=O)Nc1cc(Br)ccc1C)N1CC(C)(C)C1(C)C.I. The highest BCUT2D eigenvalue weighted by molar-refractivity contribution is 14.0. The molecule has 140 valence electrons. The summed E-state index contributed by atoms with van der Waals surface area (Å²) in [5.74, 6) is 0.676. The lowest BCUT2D eigenvalue weighted by atomic mass is 9.65. The van der Waals surface area contributed by atoms with Gasteiger partial charge in [-0.05, 0) is 38.5 Å². The first-order valence-corrected chi connectivity index (χ1v) is 8.92. The summed E-state index contributed by atoms with van der Waals surface area (Å²) in [5, 5.41) is 6.11. The molecule has 2 rings (SSSR count). The Kier molecular flexibility index (Phi) is 7.32. The number of anilines is 1. The van der Waals surface area contributed by atoms with Crippen LogP contribution in [-0.2, 0) is 4.79 Å². The van der Waals surface area contributed by atoms with Gasteiger partial charge < -0.3 is 15.5 Å². The first kappa shape index (κ1) is 22.2. The van der Waals surface area contributed by atoms with Crippen molar-refractivity contribution in [2.24, 2.45) is 10.4 Å². The molecule has 25 heavy (non-hydrogen) atoms. The van der Waals surface area contributed by atoms with Crippen LogP contribution in [0.3, 0.4) is 0 Å². The predicted octanol–water partition coefficient (Wildman–Crippen LogP) is 4.01. The normalized spacial score (nSPS) is 18.0. The van der Waals surface area contributed by atoms with Gasteiger partial charge in [0.25, 0.3) is 0 Å². The number of aliphatic imine (C=N–C) groups is 1. The Bertz CT molecular complexity index is 673. The third kappa shape index (κ3) is 4.67. The molecule has 0 bridgehead atoms. The summed E-state index contributed by atoms with van der Waals surface area (Å²) in [7, 11) is 1.75. The molecule has 0 radical (unpaired) electrons. The lowest BCUT2D eigenvalue weighted by Gasteiger charge is -2.62. The lowest BCUT2D eigenvalue weighted by Crippen LogP contribution is -2.72. The van der Waals surface area contributed by atoms with E-state index in [4.69, 9.17) is 0 Å². The molecule has 0 atom stereocenters. The fourth-order valence-electron chi connectivity index (χ4n) is 2.78. The molecule has 0 aromatic heterocycles. The van der Waals surface area contributed by atoms with Crippen molar-refractivity contribution >= 4 is 57.5 Å². The Morgan fingerprint density at radius 1 is 1.32 bits per heavy atom. The molecule has 0 saturated carbocycles. The average molecular weight is 523 g/mol. The molecule has 1 aromatic carbocycles. The van der Waals surface area contributed by atoms with Gasteiger partial charge in [0.15, 0.2) is 5.96 Å². The van der Waals surface area contributed by atoms with E-state index in [-0.39, 0.29) is 47.4 Å². The minimum atomic E-state index is -0.0880. The third-order valence-corrected chi connectivity index (χ3v) is 5.73. The van der Waals surface area contributed by atoms with Crippen LogP contribution in [0.5, 0.6) is 0 Å². The van der Waals surface area contributed by atoms with E-state index in [9.17, 15) is 4.79 Å². The number of carbonyl (C=O) groups excluding carboxylic acids is 1. The van der Waals surface area contributed by atoms with Crippen molar-refractivity contribution < 1.29 is 4.79 Å². The largest absolute Gasteiger partial charge is 0.347 e. The van der Waals surface area contributed by atoms with Gasteiger partial charge in [0.05, 0.1) is 6.54 Å². The molecule has 5 nitrogen and oxygen atoms in total. The van der Waals surface area contributed by atoms with Crippen molar-refractivity contribution in [1.82, 2.24) is 10.2 Å². The van der Waals surface area contributed by atoms with Crippen molar-refractivity contribution in [3.63, 3.8) is 0 Å². The summed E-state index contributed by atoms with van der Waals surface area (Å²) in [6.45, 7) is 12.0. The Labute approximate surface area is 176 Å². The molecule has 1 amide bonds. The maximum absolute atomic E-state index is 12.3. The number of guanidine groups is 1. The van der Waals surface area contributed by atoms with Crippen molar-refractivity contribution in [3.05, 3.63) is 28.2 Å². The topological polar surface area (TPSA) is 56.7 Å². The summed E-state index contributed by atoms with van der Waals surface area (Å²) in [5.41, 5.74) is 2.07. The minimum absolute atomic E-state index is 0.